The van der Waals surface area contributed by atoms with E-state index >= 15 is 0 Å². The zero-order valence-corrected chi connectivity index (χ0v) is 13.0. The van der Waals surface area contributed by atoms with Gasteiger partial charge in [0.1, 0.15) is 5.71 Å². The number of amides is 1. The molecule has 3 aliphatic rings. The van der Waals surface area contributed by atoms with Gasteiger partial charge < -0.3 is 10.5 Å². The van der Waals surface area contributed by atoms with Crippen molar-refractivity contribution >= 4 is 35.1 Å². The predicted octanol–water partition coefficient (Wildman–Crippen LogP) is -1.50. The van der Waals surface area contributed by atoms with Crippen molar-refractivity contribution in [3.8, 4) is 0 Å². The van der Waals surface area contributed by atoms with Gasteiger partial charge in [0.15, 0.2) is 5.78 Å². The first-order valence-electron chi connectivity index (χ1n) is 7.61. The van der Waals surface area contributed by atoms with Gasteiger partial charge in [-0.15, -0.1) is 5.10 Å². The summed E-state index contributed by atoms with van der Waals surface area (Å²) in [5, 5.41) is 3.71. The minimum atomic E-state index is -1.10. The van der Waals surface area contributed by atoms with Crippen molar-refractivity contribution in [1.29, 1.82) is 0 Å². The first kappa shape index (κ1) is 16.1. The standard InChI is InChI=1S/C14H17N5O5/c1-24-12(23)10(21)7-5-3-2-4-6(9(7)20)8-11(22)19-13(15)17-18-14(19)16-8/h6-7,14,18H,2-5H2,1H3,(H2,15,17). The number of carbonyl (C=O) groups is 4. The van der Waals surface area contributed by atoms with Crippen LogP contribution in [0.3, 0.4) is 0 Å². The Bertz CT molecular complexity index is 685. The molecule has 3 unspecified atom stereocenters. The molecule has 0 spiro atoms. The molecule has 0 aromatic rings. The number of rotatable bonds is 3. The van der Waals surface area contributed by atoms with Crippen molar-refractivity contribution < 1.29 is 23.9 Å². The predicted molar refractivity (Wildman–Crippen MR) is 80.3 cm³/mol. The van der Waals surface area contributed by atoms with Gasteiger partial charge in [0, 0.05) is 0 Å². The Labute approximate surface area is 137 Å². The second kappa shape index (κ2) is 6.02. The van der Waals surface area contributed by atoms with E-state index in [4.69, 9.17) is 5.73 Å². The van der Waals surface area contributed by atoms with Crippen molar-refractivity contribution in [3.63, 3.8) is 0 Å². The Balaban J connectivity index is 1.85. The van der Waals surface area contributed by atoms with E-state index in [1.165, 1.54) is 0 Å². The number of esters is 1. The third-order valence-electron chi connectivity index (χ3n) is 4.44. The molecule has 1 aliphatic carbocycles. The molecule has 0 saturated heterocycles. The average Bonchev–Trinajstić information content (AvgIpc) is 3.02. The third-order valence-corrected chi connectivity index (χ3v) is 4.44. The number of ketones is 2. The number of hydrazone groups is 1. The molecule has 3 N–H and O–H groups in total. The fourth-order valence-electron chi connectivity index (χ4n) is 3.21. The number of nitrogens with two attached hydrogens (primary N) is 1. The minimum absolute atomic E-state index is 0.0213. The number of Topliss-reactive ketones (excluding diaryl/α,β-unsaturated/α-hetero) is 2. The van der Waals surface area contributed by atoms with Crippen LogP contribution in [-0.4, -0.2) is 53.4 Å². The van der Waals surface area contributed by atoms with Crippen LogP contribution in [-0.2, 0) is 23.9 Å². The van der Waals surface area contributed by atoms with E-state index in [-0.39, 0.29) is 18.1 Å². The molecule has 3 atom stereocenters. The molecule has 2 heterocycles. The fraction of sp³-hybridized carbons (Fsp3) is 0.571. The third kappa shape index (κ3) is 2.43. The maximum atomic E-state index is 12.8. The Morgan fingerprint density at radius 3 is 2.67 bits per heavy atom. The van der Waals surface area contributed by atoms with E-state index in [2.05, 4.69) is 20.3 Å². The number of ether oxygens (including phenoxy) is 1. The van der Waals surface area contributed by atoms with E-state index in [0.29, 0.717) is 19.3 Å². The summed E-state index contributed by atoms with van der Waals surface area (Å²) < 4.78 is 4.42. The van der Waals surface area contributed by atoms with Gasteiger partial charge in [0.2, 0.25) is 18.0 Å². The largest absolute Gasteiger partial charge is 0.463 e. The number of carbonyl (C=O) groups excluding carboxylic acids is 4. The molecule has 0 radical (unpaired) electrons. The van der Waals surface area contributed by atoms with Crippen LogP contribution in [0.2, 0.25) is 0 Å². The summed E-state index contributed by atoms with van der Waals surface area (Å²) in [6.45, 7) is 0. The molecule has 10 heteroatoms. The molecule has 2 aliphatic heterocycles. The number of aliphatic imine (C=N–C) groups is 1. The Hall–Kier alpha value is -2.78. The molecule has 10 nitrogen and oxygen atoms in total. The van der Waals surface area contributed by atoms with Crippen LogP contribution in [0.5, 0.6) is 0 Å². The molecule has 3 rings (SSSR count). The number of methoxy groups -OCH3 is 1. The molecule has 24 heavy (non-hydrogen) atoms. The van der Waals surface area contributed by atoms with Gasteiger partial charge in [-0.1, -0.05) is 12.8 Å². The van der Waals surface area contributed by atoms with E-state index < -0.39 is 41.6 Å². The average molecular weight is 335 g/mol. The van der Waals surface area contributed by atoms with E-state index in [1.54, 1.807) is 0 Å². The van der Waals surface area contributed by atoms with Crippen molar-refractivity contribution in [2.75, 3.05) is 7.11 Å². The fourth-order valence-corrected chi connectivity index (χ4v) is 3.21. The summed E-state index contributed by atoms with van der Waals surface area (Å²) in [6.07, 6.45) is 1.16. The molecular weight excluding hydrogens is 318 g/mol. The summed E-state index contributed by atoms with van der Waals surface area (Å²) >= 11 is 0. The first-order valence-corrected chi connectivity index (χ1v) is 7.61. The molecule has 1 saturated carbocycles. The van der Waals surface area contributed by atoms with Crippen molar-refractivity contribution in [2.24, 2.45) is 27.7 Å². The van der Waals surface area contributed by atoms with Gasteiger partial charge >= 0.3 is 5.97 Å². The van der Waals surface area contributed by atoms with E-state index in [1.807, 2.05) is 0 Å². The van der Waals surface area contributed by atoms with Gasteiger partial charge in [0.25, 0.3) is 5.91 Å². The van der Waals surface area contributed by atoms with Gasteiger partial charge in [-0.25, -0.2) is 14.7 Å². The zero-order chi connectivity index (χ0) is 17.4. The van der Waals surface area contributed by atoms with Gasteiger partial charge in [-0.05, 0) is 12.8 Å². The maximum Gasteiger partial charge on any atom is 0.375 e. The van der Waals surface area contributed by atoms with Crippen LogP contribution >= 0.6 is 0 Å². The minimum Gasteiger partial charge on any atom is -0.463 e. The van der Waals surface area contributed by atoms with Crippen molar-refractivity contribution in [2.45, 2.75) is 32.0 Å². The van der Waals surface area contributed by atoms with Crippen LogP contribution in [0.1, 0.15) is 25.7 Å². The summed E-state index contributed by atoms with van der Waals surface area (Å²) in [6, 6.07) is 0. The SMILES string of the molecule is COC(=O)C(=O)C1CCCCC(C2=NC3NN=C(N)N3C2=O)C1=O. The van der Waals surface area contributed by atoms with E-state index in [0.717, 1.165) is 12.0 Å². The lowest BCUT2D eigenvalue weighted by molar-refractivity contribution is -0.155. The topological polar surface area (TPSA) is 144 Å². The number of hydrogen-bond donors (Lipinski definition) is 2. The van der Waals surface area contributed by atoms with Crippen LogP contribution < -0.4 is 11.2 Å². The summed E-state index contributed by atoms with van der Waals surface area (Å²) in [5.41, 5.74) is 8.26. The second-order valence-electron chi connectivity index (χ2n) is 5.81. The molecule has 1 amide bonds. The Morgan fingerprint density at radius 1 is 1.29 bits per heavy atom. The molecule has 1 fully saturated rings. The lowest BCUT2D eigenvalue weighted by atomic mass is 9.85. The quantitative estimate of drug-likeness (QED) is 0.276. The smallest absolute Gasteiger partial charge is 0.375 e. The number of nitrogens with zero attached hydrogens (tertiary/aromatic N) is 3. The summed E-state index contributed by atoms with van der Waals surface area (Å²) in [5.74, 6) is -4.85. The highest BCUT2D eigenvalue weighted by Crippen LogP contribution is 2.30. The van der Waals surface area contributed by atoms with Crippen LogP contribution in [0.15, 0.2) is 10.1 Å². The monoisotopic (exact) mass is 335 g/mol. The summed E-state index contributed by atoms with van der Waals surface area (Å²) in [7, 11) is 1.09. The van der Waals surface area contributed by atoms with Crippen LogP contribution in [0.25, 0.3) is 0 Å². The second-order valence-corrected chi connectivity index (χ2v) is 5.81. The van der Waals surface area contributed by atoms with Gasteiger partial charge in [0.05, 0.1) is 18.9 Å². The highest BCUT2D eigenvalue weighted by molar-refractivity contribution is 6.48. The first-order chi connectivity index (χ1) is 11.5. The number of fused-ring (bicyclic) bond motifs is 1. The highest BCUT2D eigenvalue weighted by Gasteiger charge is 2.47. The molecule has 0 bridgehead atoms. The van der Waals surface area contributed by atoms with Crippen molar-refractivity contribution in [3.05, 3.63) is 0 Å². The Kier molecular flexibility index (Phi) is 4.04. The number of guanidine groups is 1. The van der Waals surface area contributed by atoms with Gasteiger partial charge in [-0.3, -0.25) is 19.8 Å². The molecular formula is C14H17N5O5. The zero-order valence-electron chi connectivity index (χ0n) is 13.0. The maximum absolute atomic E-state index is 12.8. The normalized spacial score (nSPS) is 29.4. The highest BCUT2D eigenvalue weighted by atomic mass is 16.5. The number of hydrogen-bond acceptors (Lipinski definition) is 9. The van der Waals surface area contributed by atoms with Crippen LogP contribution in [0.4, 0.5) is 0 Å². The molecule has 128 valence electrons. The van der Waals surface area contributed by atoms with Crippen molar-refractivity contribution in [1.82, 2.24) is 10.3 Å². The van der Waals surface area contributed by atoms with E-state index in [9.17, 15) is 19.2 Å². The van der Waals surface area contributed by atoms with Crippen LogP contribution in [0, 0.1) is 11.8 Å². The lowest BCUT2D eigenvalue weighted by Crippen LogP contribution is -2.45. The number of nitrogens with one attached hydrogen (secondary N) is 1. The molecule has 0 aromatic heterocycles. The summed E-state index contributed by atoms with van der Waals surface area (Å²) in [4.78, 5) is 54.2. The molecule has 0 aromatic carbocycles. The Morgan fingerprint density at radius 2 is 2.00 bits per heavy atom. The lowest BCUT2D eigenvalue weighted by Gasteiger charge is -2.17. The van der Waals surface area contributed by atoms with Gasteiger partial charge in [-0.2, -0.15) is 0 Å².